The summed E-state index contributed by atoms with van der Waals surface area (Å²) in [6, 6.07) is 7.34. The zero-order valence-electron chi connectivity index (χ0n) is 7.61. The van der Waals surface area contributed by atoms with Gasteiger partial charge in [-0.3, -0.25) is 0 Å². The number of hydrogen-bond acceptors (Lipinski definition) is 3. The molecule has 0 aliphatic heterocycles. The third-order valence-corrected chi connectivity index (χ3v) is 2.21. The molecule has 5 heteroatoms. The molecular weight excluding hydrogens is 200 g/mol. The fraction of sp³-hybridized carbons (Fsp3) is 0.111. The van der Waals surface area contributed by atoms with Crippen LogP contribution in [0.15, 0.2) is 24.3 Å². The van der Waals surface area contributed by atoms with Crippen molar-refractivity contribution >= 4 is 17.4 Å². The fourth-order valence-corrected chi connectivity index (χ4v) is 1.32. The van der Waals surface area contributed by atoms with Gasteiger partial charge < -0.3 is 5.73 Å². The summed E-state index contributed by atoms with van der Waals surface area (Å²) < 4.78 is 0. The molecule has 0 radical (unpaired) electrons. The van der Waals surface area contributed by atoms with Crippen molar-refractivity contribution in [1.82, 2.24) is 15.0 Å². The number of nitrogen functional groups attached to an aromatic ring is 1. The summed E-state index contributed by atoms with van der Waals surface area (Å²) in [7, 11) is 0. The molecule has 0 unspecified atom stereocenters. The molecular formula is C9H9ClN4. The molecule has 0 spiro atoms. The number of aromatic nitrogens is 3. The highest BCUT2D eigenvalue weighted by atomic mass is 35.5. The average Bonchev–Trinajstić information content (AvgIpc) is 2.48. The highest BCUT2D eigenvalue weighted by molar-refractivity contribution is 6.32. The number of aryl methyl sites for hydroxylation is 1. The number of benzene rings is 1. The van der Waals surface area contributed by atoms with E-state index in [0.717, 1.165) is 5.69 Å². The van der Waals surface area contributed by atoms with Gasteiger partial charge in [0.2, 0.25) is 0 Å². The summed E-state index contributed by atoms with van der Waals surface area (Å²) in [5.41, 5.74) is 7.02. The zero-order chi connectivity index (χ0) is 10.1. The van der Waals surface area contributed by atoms with Crippen LogP contribution in [0.5, 0.6) is 0 Å². The Balaban J connectivity index is 2.55. The molecule has 1 aromatic carbocycles. The maximum absolute atomic E-state index is 5.98. The minimum absolute atomic E-state index is 0.421. The van der Waals surface area contributed by atoms with Crippen molar-refractivity contribution in [3.05, 3.63) is 35.0 Å². The molecule has 0 bridgehead atoms. The fourth-order valence-electron chi connectivity index (χ4n) is 1.11. The Hall–Kier alpha value is -1.55. The van der Waals surface area contributed by atoms with Crippen LogP contribution in [-0.4, -0.2) is 15.0 Å². The molecule has 0 fully saturated rings. The second-order valence-corrected chi connectivity index (χ2v) is 3.32. The molecule has 1 aromatic heterocycles. The lowest BCUT2D eigenvalue weighted by Gasteiger charge is -2.00. The Bertz CT molecular complexity index is 444. The molecule has 2 rings (SSSR count). The van der Waals surface area contributed by atoms with Crippen LogP contribution >= 0.6 is 11.6 Å². The van der Waals surface area contributed by atoms with Gasteiger partial charge in [0, 0.05) is 0 Å². The van der Waals surface area contributed by atoms with Gasteiger partial charge in [0.15, 0.2) is 5.82 Å². The molecule has 0 atom stereocenters. The normalized spacial score (nSPS) is 10.4. The van der Waals surface area contributed by atoms with Crippen LogP contribution in [0.1, 0.15) is 5.69 Å². The van der Waals surface area contributed by atoms with Crippen molar-refractivity contribution in [2.24, 2.45) is 0 Å². The van der Waals surface area contributed by atoms with Gasteiger partial charge in [-0.05, 0) is 19.1 Å². The lowest BCUT2D eigenvalue weighted by molar-refractivity contribution is 0.748. The van der Waals surface area contributed by atoms with Crippen LogP contribution in [0.3, 0.4) is 0 Å². The smallest absolute Gasteiger partial charge is 0.169 e. The first-order valence-electron chi connectivity index (χ1n) is 4.13. The summed E-state index contributed by atoms with van der Waals surface area (Å²) in [5, 5.41) is 8.78. The molecule has 0 aliphatic rings. The molecule has 0 saturated heterocycles. The van der Waals surface area contributed by atoms with Crippen molar-refractivity contribution in [3.63, 3.8) is 0 Å². The Morgan fingerprint density at radius 3 is 2.57 bits per heavy atom. The van der Waals surface area contributed by atoms with E-state index in [9.17, 15) is 0 Å². The first-order chi connectivity index (χ1) is 6.68. The number of rotatable bonds is 1. The molecule has 2 N–H and O–H groups in total. The van der Waals surface area contributed by atoms with Crippen LogP contribution < -0.4 is 5.73 Å². The Morgan fingerprint density at radius 1 is 1.29 bits per heavy atom. The highest BCUT2D eigenvalue weighted by Crippen LogP contribution is 2.18. The maximum atomic E-state index is 5.98. The number of para-hydroxylation sites is 1. The van der Waals surface area contributed by atoms with Crippen LogP contribution in [0.4, 0.5) is 5.82 Å². The molecule has 0 saturated carbocycles. The topological polar surface area (TPSA) is 56.7 Å². The molecule has 14 heavy (non-hydrogen) atoms. The number of anilines is 1. The van der Waals surface area contributed by atoms with Crippen LogP contribution in [0.25, 0.3) is 5.69 Å². The predicted molar refractivity (Wildman–Crippen MR) is 55.5 cm³/mol. The third kappa shape index (κ3) is 1.44. The van der Waals surface area contributed by atoms with Crippen LogP contribution in [-0.2, 0) is 0 Å². The van der Waals surface area contributed by atoms with Crippen LogP contribution in [0.2, 0.25) is 5.02 Å². The molecule has 0 aliphatic carbocycles. The van der Waals surface area contributed by atoms with E-state index in [1.165, 1.54) is 4.80 Å². The molecule has 4 nitrogen and oxygen atoms in total. The highest BCUT2D eigenvalue weighted by Gasteiger charge is 2.07. The lowest BCUT2D eigenvalue weighted by atomic mass is 10.3. The first-order valence-corrected chi connectivity index (χ1v) is 4.50. The van der Waals surface area contributed by atoms with Crippen molar-refractivity contribution < 1.29 is 0 Å². The van der Waals surface area contributed by atoms with E-state index in [0.29, 0.717) is 16.5 Å². The maximum Gasteiger partial charge on any atom is 0.169 e. The standard InChI is InChI=1S/C9H9ClN4/c1-6-9(11)13-14(12-6)8-5-3-2-4-7(8)10/h2-5H,1H3,(H2,11,13). The Morgan fingerprint density at radius 2 is 2.00 bits per heavy atom. The summed E-state index contributed by atoms with van der Waals surface area (Å²) in [5.74, 6) is 0.421. The SMILES string of the molecule is Cc1nn(-c2ccccc2Cl)nc1N. The lowest BCUT2D eigenvalue weighted by Crippen LogP contribution is -1.99. The van der Waals surface area contributed by atoms with Gasteiger partial charge in [0.25, 0.3) is 0 Å². The predicted octanol–water partition coefficient (Wildman–Crippen LogP) is 1.81. The van der Waals surface area contributed by atoms with E-state index in [2.05, 4.69) is 10.2 Å². The van der Waals surface area contributed by atoms with Crippen molar-refractivity contribution in [3.8, 4) is 5.69 Å². The minimum atomic E-state index is 0.421. The summed E-state index contributed by atoms with van der Waals surface area (Å²) in [4.78, 5) is 1.44. The molecule has 72 valence electrons. The van der Waals surface area contributed by atoms with Crippen molar-refractivity contribution in [1.29, 1.82) is 0 Å². The molecule has 1 heterocycles. The van der Waals surface area contributed by atoms with E-state index in [4.69, 9.17) is 17.3 Å². The first kappa shape index (κ1) is 9.02. The Labute approximate surface area is 86.3 Å². The van der Waals surface area contributed by atoms with Gasteiger partial charge in [0.05, 0.1) is 5.02 Å². The van der Waals surface area contributed by atoms with Crippen LogP contribution in [0, 0.1) is 6.92 Å². The van der Waals surface area contributed by atoms with E-state index < -0.39 is 0 Å². The van der Waals surface area contributed by atoms with Gasteiger partial charge in [-0.1, -0.05) is 23.7 Å². The van der Waals surface area contributed by atoms with E-state index in [-0.39, 0.29) is 0 Å². The van der Waals surface area contributed by atoms with Gasteiger partial charge in [-0.2, -0.15) is 5.10 Å². The molecule has 0 amide bonds. The van der Waals surface area contributed by atoms with E-state index in [1.54, 1.807) is 13.0 Å². The monoisotopic (exact) mass is 208 g/mol. The second-order valence-electron chi connectivity index (χ2n) is 2.91. The summed E-state index contributed by atoms with van der Waals surface area (Å²) >= 11 is 5.98. The third-order valence-electron chi connectivity index (χ3n) is 1.89. The van der Waals surface area contributed by atoms with Crippen molar-refractivity contribution in [2.45, 2.75) is 6.92 Å². The van der Waals surface area contributed by atoms with E-state index >= 15 is 0 Å². The average molecular weight is 209 g/mol. The zero-order valence-corrected chi connectivity index (χ0v) is 8.36. The Kier molecular flexibility index (Phi) is 2.13. The van der Waals surface area contributed by atoms with Gasteiger partial charge >= 0.3 is 0 Å². The number of nitrogens with zero attached hydrogens (tertiary/aromatic N) is 3. The van der Waals surface area contributed by atoms with E-state index in [1.807, 2.05) is 18.2 Å². The largest absolute Gasteiger partial charge is 0.381 e. The summed E-state index contributed by atoms with van der Waals surface area (Å²) in [6.45, 7) is 1.80. The summed E-state index contributed by atoms with van der Waals surface area (Å²) in [6.07, 6.45) is 0. The van der Waals surface area contributed by atoms with Gasteiger partial charge in [0.1, 0.15) is 11.4 Å². The van der Waals surface area contributed by atoms with Crippen molar-refractivity contribution in [2.75, 3.05) is 5.73 Å². The second kappa shape index (κ2) is 3.31. The number of hydrogen-bond donors (Lipinski definition) is 1. The number of halogens is 1. The number of nitrogens with two attached hydrogens (primary N) is 1. The van der Waals surface area contributed by atoms with Gasteiger partial charge in [-0.15, -0.1) is 9.90 Å². The quantitative estimate of drug-likeness (QED) is 0.778. The van der Waals surface area contributed by atoms with Gasteiger partial charge in [-0.25, -0.2) is 0 Å². The minimum Gasteiger partial charge on any atom is -0.381 e. The molecule has 2 aromatic rings.